The zero-order valence-electron chi connectivity index (χ0n) is 16.1. The molecule has 1 atom stereocenters. The van der Waals surface area contributed by atoms with Gasteiger partial charge in [0.2, 0.25) is 5.91 Å². The maximum atomic E-state index is 12.4. The molecule has 0 heterocycles. The number of hydrogen-bond acceptors (Lipinski definition) is 4. The molecule has 0 aliphatic heterocycles. The summed E-state index contributed by atoms with van der Waals surface area (Å²) in [6.07, 6.45) is -0.0178. The van der Waals surface area contributed by atoms with Crippen LogP contribution in [0.1, 0.15) is 29.2 Å². The minimum atomic E-state index is -2.97. The number of carbonyl (C=O) groups excluding carboxylic acids is 2. The predicted octanol–water partition coefficient (Wildman–Crippen LogP) is 3.02. The van der Waals surface area contributed by atoms with Crippen LogP contribution < -0.4 is 25.8 Å². The van der Waals surface area contributed by atoms with E-state index in [0.29, 0.717) is 5.56 Å². The summed E-state index contributed by atoms with van der Waals surface area (Å²) in [5.74, 6) is -0.287. The quantitative estimate of drug-likeness (QED) is 0.595. The van der Waals surface area contributed by atoms with Crippen molar-refractivity contribution in [2.75, 3.05) is 7.11 Å². The molecule has 0 saturated heterocycles. The second-order valence-electron chi connectivity index (χ2n) is 6.32. The Labute approximate surface area is 167 Å². The van der Waals surface area contributed by atoms with Gasteiger partial charge in [-0.25, -0.2) is 4.79 Å². The van der Waals surface area contributed by atoms with Gasteiger partial charge in [0.25, 0.3) is 0 Å². The van der Waals surface area contributed by atoms with Crippen molar-refractivity contribution in [1.82, 2.24) is 10.6 Å². The number of benzene rings is 2. The first-order valence-electron chi connectivity index (χ1n) is 8.79. The molecule has 4 N–H and O–H groups in total. The fourth-order valence-corrected chi connectivity index (χ4v) is 2.78. The van der Waals surface area contributed by atoms with E-state index in [0.717, 1.165) is 11.1 Å². The summed E-state index contributed by atoms with van der Waals surface area (Å²) in [7, 11) is 1.33. The van der Waals surface area contributed by atoms with Crippen LogP contribution in [-0.4, -0.2) is 25.7 Å². The van der Waals surface area contributed by atoms with E-state index >= 15 is 0 Å². The minimum absolute atomic E-state index is 0.0178. The highest BCUT2D eigenvalue weighted by Crippen LogP contribution is 2.29. The van der Waals surface area contributed by atoms with E-state index in [-0.39, 0.29) is 30.4 Å². The van der Waals surface area contributed by atoms with Crippen LogP contribution in [0.5, 0.6) is 11.5 Å². The Morgan fingerprint density at radius 2 is 1.90 bits per heavy atom. The lowest BCUT2D eigenvalue weighted by Crippen LogP contribution is -2.36. The summed E-state index contributed by atoms with van der Waals surface area (Å²) >= 11 is 0. The molecule has 0 radical (unpaired) electrons. The van der Waals surface area contributed by atoms with Gasteiger partial charge in [0.15, 0.2) is 11.5 Å². The van der Waals surface area contributed by atoms with E-state index in [9.17, 15) is 18.4 Å². The van der Waals surface area contributed by atoms with Gasteiger partial charge in [-0.1, -0.05) is 35.9 Å². The van der Waals surface area contributed by atoms with Crippen molar-refractivity contribution in [1.29, 1.82) is 0 Å². The third kappa shape index (κ3) is 6.95. The van der Waals surface area contributed by atoms with Crippen LogP contribution in [0.25, 0.3) is 0 Å². The number of nitrogens with two attached hydrogens (primary N) is 1. The van der Waals surface area contributed by atoms with Gasteiger partial charge in [-0.2, -0.15) is 8.78 Å². The van der Waals surface area contributed by atoms with Gasteiger partial charge < -0.3 is 25.8 Å². The van der Waals surface area contributed by atoms with Crippen LogP contribution in [0.15, 0.2) is 42.5 Å². The molecule has 0 aromatic heterocycles. The number of carbonyl (C=O) groups is 2. The summed E-state index contributed by atoms with van der Waals surface area (Å²) in [6, 6.07) is 10.5. The lowest BCUT2D eigenvalue weighted by Gasteiger charge is -2.18. The number of alkyl halides is 2. The molecule has 9 heteroatoms. The monoisotopic (exact) mass is 407 g/mol. The molecule has 0 spiro atoms. The smallest absolute Gasteiger partial charge is 0.387 e. The molecule has 0 unspecified atom stereocenters. The number of urea groups is 1. The normalized spacial score (nSPS) is 11.6. The Hall–Kier alpha value is -3.36. The molecule has 0 aliphatic rings. The topological polar surface area (TPSA) is 103 Å². The summed E-state index contributed by atoms with van der Waals surface area (Å²) in [6.45, 7) is -0.924. The molecule has 0 fully saturated rings. The number of amides is 3. The van der Waals surface area contributed by atoms with Gasteiger partial charge in [-0.3, -0.25) is 4.79 Å². The third-order valence-electron chi connectivity index (χ3n) is 4.08. The standard InChI is InChI=1S/C20H23F2N3O4/c1-12-4-3-5-14(8-12)15(25-20(23)27)10-18(26)24-11-13-6-7-16(29-19(21)22)17(9-13)28-2/h3-9,15,19H,10-11H2,1-2H3,(H,24,26)(H3,23,25,27)/t15-/m1/s1. The van der Waals surface area contributed by atoms with Gasteiger partial charge in [-0.05, 0) is 30.2 Å². The molecule has 0 saturated carbocycles. The fraction of sp³-hybridized carbons (Fsp3) is 0.300. The van der Waals surface area contributed by atoms with E-state index in [1.54, 1.807) is 12.1 Å². The van der Waals surface area contributed by atoms with Crippen LogP contribution in [0.4, 0.5) is 13.6 Å². The Kier molecular flexibility index (Phi) is 7.76. The molecule has 2 aromatic carbocycles. The molecule has 2 aromatic rings. The van der Waals surface area contributed by atoms with Crippen molar-refractivity contribution in [2.45, 2.75) is 32.5 Å². The number of halogens is 2. The Morgan fingerprint density at radius 3 is 2.52 bits per heavy atom. The van der Waals surface area contributed by atoms with Crippen molar-refractivity contribution in [3.05, 3.63) is 59.2 Å². The van der Waals surface area contributed by atoms with E-state index in [2.05, 4.69) is 15.4 Å². The van der Waals surface area contributed by atoms with Crippen molar-refractivity contribution in [2.24, 2.45) is 5.73 Å². The van der Waals surface area contributed by atoms with Crippen LogP contribution in [-0.2, 0) is 11.3 Å². The first-order valence-corrected chi connectivity index (χ1v) is 8.79. The molecule has 0 bridgehead atoms. The van der Waals surface area contributed by atoms with Crippen molar-refractivity contribution in [3.8, 4) is 11.5 Å². The first kappa shape index (κ1) is 21.9. The average Bonchev–Trinajstić information content (AvgIpc) is 2.66. The van der Waals surface area contributed by atoms with Crippen LogP contribution in [0.3, 0.4) is 0 Å². The maximum absolute atomic E-state index is 12.4. The molecular weight excluding hydrogens is 384 g/mol. The molecule has 29 heavy (non-hydrogen) atoms. The second kappa shape index (κ2) is 10.3. The Bertz CT molecular complexity index is 861. The molecule has 2 rings (SSSR count). The third-order valence-corrected chi connectivity index (χ3v) is 4.08. The van der Waals surface area contributed by atoms with E-state index in [1.165, 1.54) is 19.2 Å². The van der Waals surface area contributed by atoms with Crippen molar-refractivity contribution >= 4 is 11.9 Å². The first-order chi connectivity index (χ1) is 13.8. The average molecular weight is 407 g/mol. The van der Waals surface area contributed by atoms with Crippen molar-refractivity contribution < 1.29 is 27.8 Å². The summed E-state index contributed by atoms with van der Waals surface area (Å²) in [5, 5.41) is 5.29. The number of ether oxygens (including phenoxy) is 2. The summed E-state index contributed by atoms with van der Waals surface area (Å²) < 4.78 is 34.2. The Balaban J connectivity index is 2.02. The molecule has 156 valence electrons. The lowest BCUT2D eigenvalue weighted by molar-refractivity contribution is -0.121. The van der Waals surface area contributed by atoms with E-state index in [4.69, 9.17) is 10.5 Å². The van der Waals surface area contributed by atoms with Crippen LogP contribution in [0.2, 0.25) is 0 Å². The van der Waals surface area contributed by atoms with Crippen LogP contribution >= 0.6 is 0 Å². The SMILES string of the molecule is COc1cc(CNC(=O)C[C@@H](NC(N)=O)c2cccc(C)c2)ccc1OC(F)F. The lowest BCUT2D eigenvalue weighted by atomic mass is 10.0. The van der Waals surface area contributed by atoms with Gasteiger partial charge in [0.1, 0.15) is 0 Å². The highest BCUT2D eigenvalue weighted by molar-refractivity contribution is 5.78. The minimum Gasteiger partial charge on any atom is -0.493 e. The largest absolute Gasteiger partial charge is 0.493 e. The summed E-state index contributed by atoms with van der Waals surface area (Å²) in [4.78, 5) is 23.7. The van der Waals surface area contributed by atoms with Gasteiger partial charge in [0, 0.05) is 6.54 Å². The number of aryl methyl sites for hydroxylation is 1. The number of rotatable bonds is 9. The molecule has 0 aliphatic carbocycles. The van der Waals surface area contributed by atoms with E-state index in [1.807, 2.05) is 25.1 Å². The Morgan fingerprint density at radius 1 is 1.14 bits per heavy atom. The van der Waals surface area contributed by atoms with Gasteiger partial charge >= 0.3 is 12.6 Å². The van der Waals surface area contributed by atoms with Gasteiger partial charge in [-0.15, -0.1) is 0 Å². The molecular formula is C20H23F2N3O4. The second-order valence-corrected chi connectivity index (χ2v) is 6.32. The van der Waals surface area contributed by atoms with Crippen LogP contribution in [0, 0.1) is 6.92 Å². The van der Waals surface area contributed by atoms with Crippen molar-refractivity contribution in [3.63, 3.8) is 0 Å². The zero-order chi connectivity index (χ0) is 21.4. The molecule has 3 amide bonds. The zero-order valence-corrected chi connectivity index (χ0v) is 16.1. The van der Waals surface area contributed by atoms with Gasteiger partial charge in [0.05, 0.1) is 19.6 Å². The number of hydrogen-bond donors (Lipinski definition) is 3. The highest BCUT2D eigenvalue weighted by atomic mass is 19.3. The maximum Gasteiger partial charge on any atom is 0.387 e. The molecule has 7 nitrogen and oxygen atoms in total. The predicted molar refractivity (Wildman–Crippen MR) is 103 cm³/mol. The number of methoxy groups -OCH3 is 1. The summed E-state index contributed by atoms with van der Waals surface area (Å²) in [5.41, 5.74) is 7.60. The fourth-order valence-electron chi connectivity index (χ4n) is 2.78. The van der Waals surface area contributed by atoms with E-state index < -0.39 is 18.7 Å². The number of nitrogens with one attached hydrogen (secondary N) is 2. The highest BCUT2D eigenvalue weighted by Gasteiger charge is 2.18. The number of primary amides is 1.